The van der Waals surface area contributed by atoms with Crippen LogP contribution in [0.5, 0.6) is 0 Å². The highest BCUT2D eigenvalue weighted by Crippen LogP contribution is 2.30. The number of carbonyl (C=O) groups excluding carboxylic acids is 1. The number of amides is 1. The molecule has 1 aliphatic rings. The number of nitrogens with zero attached hydrogens (tertiary/aromatic N) is 4. The van der Waals surface area contributed by atoms with Crippen LogP contribution < -0.4 is 5.32 Å². The molecule has 0 atom stereocenters. The highest BCUT2D eigenvalue weighted by Gasteiger charge is 2.32. The number of nitrogens with one attached hydrogen (secondary N) is 1. The van der Waals surface area contributed by atoms with Gasteiger partial charge in [-0.25, -0.2) is 13.4 Å². The van der Waals surface area contributed by atoms with Gasteiger partial charge in [0.2, 0.25) is 15.9 Å². The maximum atomic E-state index is 12.7. The van der Waals surface area contributed by atoms with Gasteiger partial charge in [0.05, 0.1) is 10.6 Å². The zero-order chi connectivity index (χ0) is 23.6. The van der Waals surface area contributed by atoms with Crippen LogP contribution >= 0.6 is 11.3 Å². The van der Waals surface area contributed by atoms with E-state index in [-0.39, 0.29) is 35.5 Å². The zero-order valence-corrected chi connectivity index (χ0v) is 19.3. The smallest absolute Gasteiger partial charge is 0.272 e. The van der Waals surface area contributed by atoms with Gasteiger partial charge in [-0.3, -0.25) is 19.9 Å². The fourth-order valence-corrected chi connectivity index (χ4v) is 5.80. The van der Waals surface area contributed by atoms with E-state index in [0.29, 0.717) is 34.8 Å². The molecule has 0 saturated carbocycles. The SMILES string of the molecule is Cc1ccc(-c2csc(NC(=O)C3CCN(S(=O)(=O)c4cccnc4)CC3)n2)cc1[N+](=O)[O-]. The molecule has 33 heavy (non-hydrogen) atoms. The van der Waals surface area contributed by atoms with Crippen LogP contribution in [0, 0.1) is 23.0 Å². The molecule has 1 N–H and O–H groups in total. The van der Waals surface area contributed by atoms with Crippen LogP contribution in [0.25, 0.3) is 11.3 Å². The summed E-state index contributed by atoms with van der Waals surface area (Å²) in [5.41, 5.74) is 1.71. The number of aryl methyl sites for hydroxylation is 1. The van der Waals surface area contributed by atoms with Gasteiger partial charge >= 0.3 is 0 Å². The Bertz CT molecular complexity index is 1290. The minimum Gasteiger partial charge on any atom is -0.302 e. The van der Waals surface area contributed by atoms with Crippen LogP contribution in [-0.2, 0) is 14.8 Å². The summed E-state index contributed by atoms with van der Waals surface area (Å²) in [7, 11) is -3.63. The molecule has 4 rings (SSSR count). The molecule has 1 aromatic carbocycles. The molecule has 0 unspecified atom stereocenters. The van der Waals surface area contributed by atoms with Crippen LogP contribution in [0.4, 0.5) is 10.8 Å². The van der Waals surface area contributed by atoms with Crippen LogP contribution in [-0.4, -0.2) is 46.6 Å². The van der Waals surface area contributed by atoms with Crippen molar-refractivity contribution in [3.05, 3.63) is 63.8 Å². The highest BCUT2D eigenvalue weighted by molar-refractivity contribution is 7.89. The summed E-state index contributed by atoms with van der Waals surface area (Å²) >= 11 is 1.23. The summed E-state index contributed by atoms with van der Waals surface area (Å²) in [5.74, 6) is -0.553. The Labute approximate surface area is 194 Å². The lowest BCUT2D eigenvalue weighted by Gasteiger charge is -2.30. The average molecular weight is 488 g/mol. The molecule has 3 heterocycles. The van der Waals surface area contributed by atoms with Crippen molar-refractivity contribution in [2.24, 2.45) is 5.92 Å². The molecule has 1 saturated heterocycles. The largest absolute Gasteiger partial charge is 0.302 e. The molecule has 0 radical (unpaired) electrons. The highest BCUT2D eigenvalue weighted by atomic mass is 32.2. The number of pyridine rings is 1. The molecule has 1 fully saturated rings. The van der Waals surface area contributed by atoms with Crippen molar-refractivity contribution in [2.45, 2.75) is 24.7 Å². The molecule has 0 bridgehead atoms. The standard InChI is InChI=1S/C21H21N5O5S2/c1-14-4-5-16(11-19(14)26(28)29)18-13-32-21(23-18)24-20(27)15-6-9-25(10-7-15)33(30,31)17-3-2-8-22-12-17/h2-5,8,11-13,15H,6-7,9-10H2,1H3,(H,23,24,27). The van der Waals surface area contributed by atoms with Crippen LogP contribution in [0.3, 0.4) is 0 Å². The van der Waals surface area contributed by atoms with E-state index in [1.54, 1.807) is 30.5 Å². The fourth-order valence-electron chi connectivity index (χ4n) is 3.64. The summed E-state index contributed by atoms with van der Waals surface area (Å²) < 4.78 is 26.8. The number of anilines is 1. The molecular weight excluding hydrogens is 466 g/mol. The third-order valence-corrected chi connectivity index (χ3v) is 8.17. The number of nitro benzene ring substituents is 1. The van der Waals surface area contributed by atoms with Crippen molar-refractivity contribution in [1.29, 1.82) is 0 Å². The first-order valence-corrected chi connectivity index (χ1v) is 12.5. The Morgan fingerprint density at radius 2 is 2.03 bits per heavy atom. The van der Waals surface area contributed by atoms with E-state index in [2.05, 4.69) is 15.3 Å². The minimum absolute atomic E-state index is 0.0130. The molecular formula is C21H21N5O5S2. The average Bonchev–Trinajstić information content (AvgIpc) is 3.28. The van der Waals surface area contributed by atoms with Crippen LogP contribution in [0.2, 0.25) is 0 Å². The number of carbonyl (C=O) groups is 1. The summed E-state index contributed by atoms with van der Waals surface area (Å²) in [6.45, 7) is 2.15. The molecule has 0 spiro atoms. The summed E-state index contributed by atoms with van der Waals surface area (Å²) in [6, 6.07) is 7.96. The molecule has 172 valence electrons. The summed E-state index contributed by atoms with van der Waals surface area (Å²) in [5, 5.41) is 16.1. The number of hydrogen-bond acceptors (Lipinski definition) is 8. The molecule has 10 nitrogen and oxygen atoms in total. The number of thiazole rings is 1. The van der Waals surface area contributed by atoms with Gasteiger partial charge in [-0.05, 0) is 31.9 Å². The third kappa shape index (κ3) is 4.92. The third-order valence-electron chi connectivity index (χ3n) is 5.53. The van der Waals surface area contributed by atoms with Gasteiger partial charge in [-0.1, -0.05) is 12.1 Å². The normalized spacial score (nSPS) is 15.3. The van der Waals surface area contributed by atoms with Gasteiger partial charge in [0.15, 0.2) is 5.13 Å². The van der Waals surface area contributed by atoms with Gasteiger partial charge in [-0.2, -0.15) is 4.31 Å². The number of sulfonamides is 1. The number of aromatic nitrogens is 2. The maximum absolute atomic E-state index is 12.7. The van der Waals surface area contributed by atoms with E-state index in [9.17, 15) is 23.3 Å². The number of benzene rings is 1. The fraction of sp³-hybridized carbons (Fsp3) is 0.286. The molecule has 1 amide bonds. The van der Waals surface area contributed by atoms with E-state index >= 15 is 0 Å². The first-order chi connectivity index (χ1) is 15.8. The van der Waals surface area contributed by atoms with E-state index in [0.717, 1.165) is 0 Å². The van der Waals surface area contributed by atoms with Crippen molar-refractivity contribution in [2.75, 3.05) is 18.4 Å². The lowest BCUT2D eigenvalue weighted by atomic mass is 9.97. The van der Waals surface area contributed by atoms with Gasteiger partial charge < -0.3 is 5.32 Å². The second-order valence-electron chi connectivity index (χ2n) is 7.65. The van der Waals surface area contributed by atoms with Gasteiger partial charge in [0.1, 0.15) is 4.90 Å². The van der Waals surface area contributed by atoms with Crippen molar-refractivity contribution in [1.82, 2.24) is 14.3 Å². The Hall–Kier alpha value is -3.22. The lowest BCUT2D eigenvalue weighted by molar-refractivity contribution is -0.385. The molecule has 12 heteroatoms. The molecule has 3 aromatic rings. The maximum Gasteiger partial charge on any atom is 0.272 e. The number of piperidine rings is 1. The van der Waals surface area contributed by atoms with Crippen molar-refractivity contribution < 1.29 is 18.1 Å². The van der Waals surface area contributed by atoms with E-state index in [1.807, 2.05) is 0 Å². The van der Waals surface area contributed by atoms with Crippen molar-refractivity contribution >= 4 is 38.1 Å². The zero-order valence-electron chi connectivity index (χ0n) is 17.7. The van der Waals surface area contributed by atoms with Gasteiger partial charge in [0.25, 0.3) is 5.69 Å². The van der Waals surface area contributed by atoms with Crippen LogP contribution in [0.1, 0.15) is 18.4 Å². The Morgan fingerprint density at radius 1 is 1.27 bits per heavy atom. The van der Waals surface area contributed by atoms with Crippen molar-refractivity contribution in [3.63, 3.8) is 0 Å². The predicted octanol–water partition coefficient (Wildman–Crippen LogP) is 3.46. The topological polar surface area (TPSA) is 135 Å². The monoisotopic (exact) mass is 487 g/mol. The second kappa shape index (κ2) is 9.33. The quantitative estimate of drug-likeness (QED) is 0.415. The van der Waals surface area contributed by atoms with E-state index in [4.69, 9.17) is 0 Å². The minimum atomic E-state index is -3.63. The number of hydrogen-bond donors (Lipinski definition) is 1. The molecule has 2 aromatic heterocycles. The van der Waals surface area contributed by atoms with Crippen molar-refractivity contribution in [3.8, 4) is 11.3 Å². The molecule has 0 aliphatic carbocycles. The Kier molecular flexibility index (Phi) is 6.49. The van der Waals surface area contributed by atoms with E-state index in [1.165, 1.54) is 40.2 Å². The lowest BCUT2D eigenvalue weighted by Crippen LogP contribution is -2.41. The number of rotatable bonds is 6. The Morgan fingerprint density at radius 3 is 2.70 bits per heavy atom. The first-order valence-electron chi connectivity index (χ1n) is 10.2. The molecule has 1 aliphatic heterocycles. The second-order valence-corrected chi connectivity index (χ2v) is 10.4. The summed E-state index contributed by atoms with van der Waals surface area (Å²) in [6.07, 6.45) is 3.62. The van der Waals surface area contributed by atoms with E-state index < -0.39 is 14.9 Å². The van der Waals surface area contributed by atoms with Gasteiger partial charge in [-0.15, -0.1) is 11.3 Å². The number of nitro groups is 1. The van der Waals surface area contributed by atoms with Crippen LogP contribution in [0.15, 0.2) is 53.0 Å². The Balaban J connectivity index is 1.38. The first kappa shape index (κ1) is 23.0. The summed E-state index contributed by atoms with van der Waals surface area (Å²) in [4.78, 5) is 31.9. The predicted molar refractivity (Wildman–Crippen MR) is 123 cm³/mol. The van der Waals surface area contributed by atoms with Gasteiger partial charge in [0, 0.05) is 54.0 Å².